The molecule has 5 rings (SSSR count). The monoisotopic (exact) mass is 585 g/mol. The fraction of sp³-hybridized carbons (Fsp3) is 0.375. The first-order chi connectivity index (χ1) is 20.6. The van der Waals surface area contributed by atoms with Crippen molar-refractivity contribution in [3.8, 4) is 28.8 Å². The lowest BCUT2D eigenvalue weighted by molar-refractivity contribution is -0.127. The summed E-state index contributed by atoms with van der Waals surface area (Å²) in [4.78, 5) is 42.1. The number of nitrogens with one attached hydrogen (secondary N) is 2. The van der Waals surface area contributed by atoms with Crippen LogP contribution in [0.25, 0.3) is 22.3 Å². The van der Waals surface area contributed by atoms with Crippen LogP contribution in [0.4, 0.5) is 0 Å². The third-order valence-electron chi connectivity index (χ3n) is 7.63. The molecule has 1 amide bonds. The molecule has 11 nitrogen and oxygen atoms in total. The molecule has 43 heavy (non-hydrogen) atoms. The lowest BCUT2D eigenvalue weighted by Gasteiger charge is -2.42. The molecule has 0 saturated heterocycles. The molecule has 2 unspecified atom stereocenters. The van der Waals surface area contributed by atoms with E-state index in [4.69, 9.17) is 9.47 Å². The Kier molecular flexibility index (Phi) is 8.15. The van der Waals surface area contributed by atoms with Crippen molar-refractivity contribution in [1.82, 2.24) is 19.4 Å². The molecule has 4 aromatic rings. The first kappa shape index (κ1) is 29.7. The van der Waals surface area contributed by atoms with E-state index in [1.165, 1.54) is 4.57 Å². The van der Waals surface area contributed by atoms with Gasteiger partial charge in [-0.3, -0.25) is 18.7 Å². The second-order valence-electron chi connectivity index (χ2n) is 11.2. The molecule has 2 aromatic heterocycles. The normalized spacial score (nSPS) is 17.1. The SMILES string of the molecule is CCCn1c(=O)c2[nH]c(-c3ccc(OCC(=O)NC4c5ccc(C#N)cc5OC(C)(C)C4O)cc3)cc2n(CCC)c1=O. The van der Waals surface area contributed by atoms with Gasteiger partial charge in [0.05, 0.1) is 23.2 Å². The lowest BCUT2D eigenvalue weighted by Crippen LogP contribution is -2.54. The molecule has 1 aliphatic rings. The Hall–Kier alpha value is -4.82. The van der Waals surface area contributed by atoms with Crippen LogP contribution in [0.2, 0.25) is 0 Å². The van der Waals surface area contributed by atoms with E-state index >= 15 is 0 Å². The highest BCUT2D eigenvalue weighted by Crippen LogP contribution is 2.40. The molecule has 2 atom stereocenters. The van der Waals surface area contributed by atoms with Crippen molar-refractivity contribution in [2.24, 2.45) is 0 Å². The first-order valence-electron chi connectivity index (χ1n) is 14.4. The molecule has 0 aliphatic carbocycles. The van der Waals surface area contributed by atoms with E-state index in [-0.39, 0.29) is 17.9 Å². The van der Waals surface area contributed by atoms with Crippen LogP contribution >= 0.6 is 0 Å². The minimum atomic E-state index is -1.03. The number of fused-ring (bicyclic) bond motifs is 2. The summed E-state index contributed by atoms with van der Waals surface area (Å²) in [6.45, 7) is 7.90. The van der Waals surface area contributed by atoms with Gasteiger partial charge in [-0.1, -0.05) is 19.9 Å². The number of amides is 1. The number of nitrogens with zero attached hydrogens (tertiary/aromatic N) is 3. The van der Waals surface area contributed by atoms with Crippen LogP contribution in [-0.2, 0) is 17.9 Å². The van der Waals surface area contributed by atoms with E-state index in [2.05, 4.69) is 16.4 Å². The molecule has 0 radical (unpaired) electrons. The maximum atomic E-state index is 13.1. The molecule has 0 bridgehead atoms. The smallest absolute Gasteiger partial charge is 0.331 e. The summed E-state index contributed by atoms with van der Waals surface area (Å²) in [5.41, 5.74) is 1.78. The van der Waals surface area contributed by atoms with Crippen LogP contribution in [-0.4, -0.2) is 43.4 Å². The molecule has 0 fully saturated rings. The molecule has 2 aromatic carbocycles. The number of hydrogen-bond acceptors (Lipinski definition) is 7. The Morgan fingerprint density at radius 1 is 1.09 bits per heavy atom. The van der Waals surface area contributed by atoms with Crippen molar-refractivity contribution in [3.05, 3.63) is 80.5 Å². The summed E-state index contributed by atoms with van der Waals surface area (Å²) in [5, 5.41) is 23.0. The highest BCUT2D eigenvalue weighted by molar-refractivity contribution is 5.82. The van der Waals surface area contributed by atoms with Gasteiger partial charge >= 0.3 is 5.69 Å². The Labute approximate surface area is 248 Å². The van der Waals surface area contributed by atoms with Gasteiger partial charge in [-0.15, -0.1) is 0 Å². The Bertz CT molecular complexity index is 1830. The average Bonchev–Trinajstić information content (AvgIpc) is 3.44. The van der Waals surface area contributed by atoms with Gasteiger partial charge < -0.3 is 24.9 Å². The fourth-order valence-electron chi connectivity index (χ4n) is 5.42. The molecule has 0 spiro atoms. The van der Waals surface area contributed by atoms with Crippen molar-refractivity contribution in [3.63, 3.8) is 0 Å². The van der Waals surface area contributed by atoms with Gasteiger partial charge in [0, 0.05) is 24.3 Å². The molecule has 0 saturated carbocycles. The predicted molar refractivity (Wildman–Crippen MR) is 161 cm³/mol. The number of ether oxygens (including phenoxy) is 2. The second kappa shape index (κ2) is 11.8. The van der Waals surface area contributed by atoms with Crippen molar-refractivity contribution < 1.29 is 19.4 Å². The molecule has 3 N–H and O–H groups in total. The number of H-pyrrole nitrogens is 1. The van der Waals surface area contributed by atoms with Gasteiger partial charge in [-0.25, -0.2) is 4.79 Å². The van der Waals surface area contributed by atoms with Gasteiger partial charge in [0.2, 0.25) is 0 Å². The lowest BCUT2D eigenvalue weighted by atomic mass is 9.86. The van der Waals surface area contributed by atoms with Crippen molar-refractivity contribution in [1.29, 1.82) is 5.26 Å². The first-order valence-corrected chi connectivity index (χ1v) is 14.4. The van der Waals surface area contributed by atoms with Gasteiger partial charge in [0.1, 0.15) is 28.7 Å². The van der Waals surface area contributed by atoms with E-state index in [0.717, 1.165) is 12.0 Å². The zero-order valence-corrected chi connectivity index (χ0v) is 24.6. The number of benzene rings is 2. The van der Waals surface area contributed by atoms with E-state index in [9.17, 15) is 24.8 Å². The minimum Gasteiger partial charge on any atom is -0.485 e. The summed E-state index contributed by atoms with van der Waals surface area (Å²) in [6, 6.07) is 15.0. The molecular weight excluding hydrogens is 550 g/mol. The highest BCUT2D eigenvalue weighted by atomic mass is 16.5. The largest absolute Gasteiger partial charge is 0.485 e. The van der Waals surface area contributed by atoms with E-state index in [1.807, 2.05) is 19.9 Å². The van der Waals surface area contributed by atoms with Crippen LogP contribution in [0.5, 0.6) is 11.5 Å². The fourth-order valence-corrected chi connectivity index (χ4v) is 5.42. The minimum absolute atomic E-state index is 0.290. The third-order valence-corrected chi connectivity index (χ3v) is 7.63. The third kappa shape index (κ3) is 5.66. The van der Waals surface area contributed by atoms with Crippen LogP contribution in [0.15, 0.2) is 58.1 Å². The quantitative estimate of drug-likeness (QED) is 0.271. The zero-order chi connectivity index (χ0) is 30.9. The number of carbonyl (C=O) groups excluding carboxylic acids is 1. The maximum Gasteiger partial charge on any atom is 0.331 e. The highest BCUT2D eigenvalue weighted by Gasteiger charge is 2.43. The number of hydrogen-bond donors (Lipinski definition) is 3. The molecule has 3 heterocycles. The molecule has 224 valence electrons. The molecular formula is C32H35N5O6. The van der Waals surface area contributed by atoms with E-state index < -0.39 is 23.7 Å². The number of rotatable bonds is 9. The van der Waals surface area contributed by atoms with Crippen LogP contribution in [0, 0.1) is 11.3 Å². The standard InChI is InChI=1S/C32H35N5O6/c1-5-13-36-24-16-23(34-28(24)30(40)37(14-6-2)31(36)41)20-8-10-21(11-9-20)42-18-26(38)35-27-22-12-7-19(17-33)15-25(22)43-32(3,4)29(27)39/h7-12,15-16,27,29,34,39H,5-6,13-14,18H2,1-4H3,(H,35,38). The predicted octanol–water partition coefficient (Wildman–Crippen LogP) is 3.62. The van der Waals surface area contributed by atoms with Crippen LogP contribution < -0.4 is 26.0 Å². The van der Waals surface area contributed by atoms with Gasteiger partial charge in [0.25, 0.3) is 11.5 Å². The zero-order valence-electron chi connectivity index (χ0n) is 24.6. The molecule has 11 heteroatoms. The molecule has 1 aliphatic heterocycles. The summed E-state index contributed by atoms with van der Waals surface area (Å²) in [5.74, 6) is 0.452. The summed E-state index contributed by atoms with van der Waals surface area (Å²) >= 11 is 0. The average molecular weight is 586 g/mol. The van der Waals surface area contributed by atoms with Gasteiger partial charge in [-0.2, -0.15) is 5.26 Å². The van der Waals surface area contributed by atoms with Gasteiger partial charge in [0.15, 0.2) is 6.61 Å². The van der Waals surface area contributed by atoms with Crippen molar-refractivity contribution in [2.45, 2.75) is 71.4 Å². The Balaban J connectivity index is 1.31. The summed E-state index contributed by atoms with van der Waals surface area (Å²) in [7, 11) is 0. The maximum absolute atomic E-state index is 13.1. The van der Waals surface area contributed by atoms with Crippen LogP contribution in [0.3, 0.4) is 0 Å². The Morgan fingerprint density at radius 2 is 1.79 bits per heavy atom. The van der Waals surface area contributed by atoms with E-state index in [0.29, 0.717) is 58.9 Å². The number of aryl methyl sites for hydroxylation is 1. The van der Waals surface area contributed by atoms with Crippen molar-refractivity contribution >= 4 is 16.9 Å². The number of aromatic nitrogens is 3. The van der Waals surface area contributed by atoms with Crippen molar-refractivity contribution in [2.75, 3.05) is 6.61 Å². The number of aromatic amines is 1. The number of nitriles is 1. The number of aliphatic hydroxyl groups is 1. The van der Waals surface area contributed by atoms with Gasteiger partial charge in [-0.05, 0) is 74.7 Å². The topological polar surface area (TPSA) is 151 Å². The number of aliphatic hydroxyl groups excluding tert-OH is 1. The van der Waals surface area contributed by atoms with E-state index in [1.54, 1.807) is 60.9 Å². The van der Waals surface area contributed by atoms with Crippen LogP contribution in [0.1, 0.15) is 57.7 Å². The summed E-state index contributed by atoms with van der Waals surface area (Å²) in [6.07, 6.45) is 0.385. The number of carbonyl (C=O) groups is 1. The Morgan fingerprint density at radius 3 is 2.47 bits per heavy atom. The summed E-state index contributed by atoms with van der Waals surface area (Å²) < 4.78 is 14.5. The second-order valence-corrected chi connectivity index (χ2v) is 11.2.